The number of ether oxygens (including phenoxy) is 1. The van der Waals surface area contributed by atoms with Crippen LogP contribution in [0.3, 0.4) is 0 Å². The van der Waals surface area contributed by atoms with E-state index < -0.39 is 11.6 Å². The van der Waals surface area contributed by atoms with Crippen LogP contribution in [0.4, 0.5) is 8.78 Å². The van der Waals surface area contributed by atoms with Gasteiger partial charge in [0, 0.05) is 43.8 Å². The molecule has 0 amide bonds. The Labute approximate surface area is 174 Å². The molecular weight excluding hydrogens is 398 g/mol. The van der Waals surface area contributed by atoms with Gasteiger partial charge in [-0.3, -0.25) is 9.89 Å². The van der Waals surface area contributed by atoms with Gasteiger partial charge in [0.2, 0.25) is 0 Å². The van der Waals surface area contributed by atoms with Gasteiger partial charge in [0.05, 0.1) is 19.3 Å². The smallest absolute Gasteiger partial charge is 0.191 e. The number of hydrogen-bond acceptors (Lipinski definition) is 3. The zero-order valence-electron chi connectivity index (χ0n) is 16.3. The summed E-state index contributed by atoms with van der Waals surface area (Å²) in [4.78, 5) is 6.54. The topological polar surface area (TPSA) is 48.9 Å². The number of benzene rings is 2. The third kappa shape index (κ3) is 6.13. The van der Waals surface area contributed by atoms with Crippen molar-refractivity contribution in [2.75, 3.05) is 39.9 Å². The fraction of sp³-hybridized carbons (Fsp3) is 0.381. The first kappa shape index (κ1) is 21.5. The highest BCUT2D eigenvalue weighted by Gasteiger charge is 2.23. The van der Waals surface area contributed by atoms with Crippen LogP contribution in [0.1, 0.15) is 17.2 Å². The molecule has 2 aromatic carbocycles. The molecule has 0 aliphatic carbocycles. The molecule has 1 aliphatic heterocycles. The Bertz CT molecular complexity index is 826. The van der Waals surface area contributed by atoms with E-state index >= 15 is 0 Å². The lowest BCUT2D eigenvalue weighted by Crippen LogP contribution is -2.46. The minimum absolute atomic E-state index is 0.0978. The van der Waals surface area contributed by atoms with Gasteiger partial charge in [0.15, 0.2) is 5.96 Å². The summed E-state index contributed by atoms with van der Waals surface area (Å²) in [5, 5.41) is 7.02. The van der Waals surface area contributed by atoms with Gasteiger partial charge in [-0.1, -0.05) is 23.7 Å². The number of halogens is 3. The van der Waals surface area contributed by atoms with Crippen LogP contribution in [0, 0.1) is 11.6 Å². The van der Waals surface area contributed by atoms with E-state index in [1.54, 1.807) is 7.05 Å². The maximum atomic E-state index is 13.8. The van der Waals surface area contributed by atoms with Crippen molar-refractivity contribution >= 4 is 17.6 Å². The van der Waals surface area contributed by atoms with Gasteiger partial charge in [0.1, 0.15) is 11.6 Å². The number of hydrogen-bond donors (Lipinski definition) is 2. The first-order chi connectivity index (χ1) is 14.1. The molecule has 1 aliphatic rings. The number of aliphatic imine (C=N–C) groups is 1. The van der Waals surface area contributed by atoms with Crippen molar-refractivity contribution in [2.45, 2.75) is 12.6 Å². The lowest BCUT2D eigenvalue weighted by atomic mass is 10.0. The normalized spacial score (nSPS) is 16.5. The van der Waals surface area contributed by atoms with Crippen LogP contribution >= 0.6 is 11.6 Å². The number of morpholine rings is 1. The summed E-state index contributed by atoms with van der Waals surface area (Å²) >= 11 is 6.04. The number of nitrogens with zero attached hydrogens (tertiary/aromatic N) is 2. The molecule has 0 radical (unpaired) electrons. The Hall–Kier alpha value is -2.22. The molecule has 0 spiro atoms. The van der Waals surface area contributed by atoms with E-state index in [2.05, 4.69) is 20.5 Å². The van der Waals surface area contributed by atoms with E-state index in [-0.39, 0.29) is 18.2 Å². The summed E-state index contributed by atoms with van der Waals surface area (Å²) in [6, 6.07) is 11.3. The van der Waals surface area contributed by atoms with E-state index in [1.807, 2.05) is 24.3 Å². The van der Waals surface area contributed by atoms with Crippen LogP contribution < -0.4 is 10.6 Å². The second-order valence-corrected chi connectivity index (χ2v) is 7.19. The second-order valence-electron chi connectivity index (χ2n) is 6.76. The van der Waals surface area contributed by atoms with Crippen LogP contribution in [-0.2, 0) is 11.3 Å². The molecule has 2 N–H and O–H groups in total. The van der Waals surface area contributed by atoms with Crippen molar-refractivity contribution in [3.8, 4) is 0 Å². The van der Waals surface area contributed by atoms with Crippen LogP contribution in [0.15, 0.2) is 47.5 Å². The monoisotopic (exact) mass is 422 g/mol. The molecule has 1 atom stereocenters. The Kier molecular flexibility index (Phi) is 7.80. The van der Waals surface area contributed by atoms with Gasteiger partial charge in [-0.15, -0.1) is 0 Å². The molecule has 2 aromatic rings. The molecule has 1 saturated heterocycles. The fourth-order valence-corrected chi connectivity index (χ4v) is 3.43. The average molecular weight is 423 g/mol. The maximum absolute atomic E-state index is 13.8. The Morgan fingerprint density at radius 1 is 1.14 bits per heavy atom. The van der Waals surface area contributed by atoms with Crippen molar-refractivity contribution < 1.29 is 13.5 Å². The molecule has 8 heteroatoms. The summed E-state index contributed by atoms with van der Waals surface area (Å²) < 4.78 is 32.7. The average Bonchev–Trinajstić information content (AvgIpc) is 2.74. The quantitative estimate of drug-likeness (QED) is 0.553. The number of nitrogens with one attached hydrogen (secondary N) is 2. The standard InChI is InChI=1S/C21H25ClF2N4O/c1-25-21(26-13-16-12-18(23)6-7-19(16)24)27-14-20(28-8-10-29-11-9-28)15-2-4-17(22)5-3-15/h2-7,12,20H,8-11,13-14H2,1H3,(H2,25,26,27). The summed E-state index contributed by atoms with van der Waals surface area (Å²) in [6.45, 7) is 3.76. The molecular formula is C21H25ClF2N4O. The van der Waals surface area contributed by atoms with Gasteiger partial charge in [0.25, 0.3) is 0 Å². The van der Waals surface area contributed by atoms with Gasteiger partial charge in [-0.05, 0) is 35.9 Å². The van der Waals surface area contributed by atoms with Crippen molar-refractivity contribution in [2.24, 2.45) is 4.99 Å². The molecule has 156 valence electrons. The zero-order chi connectivity index (χ0) is 20.6. The molecule has 5 nitrogen and oxygen atoms in total. The van der Waals surface area contributed by atoms with Crippen LogP contribution in [-0.4, -0.2) is 50.8 Å². The number of rotatable bonds is 6. The Morgan fingerprint density at radius 2 is 1.86 bits per heavy atom. The largest absolute Gasteiger partial charge is 0.379 e. The van der Waals surface area contributed by atoms with E-state index in [0.29, 0.717) is 30.7 Å². The second kappa shape index (κ2) is 10.5. The van der Waals surface area contributed by atoms with Crippen LogP contribution in [0.2, 0.25) is 5.02 Å². The van der Waals surface area contributed by atoms with E-state index in [1.165, 1.54) is 6.07 Å². The third-order valence-corrected chi connectivity index (χ3v) is 5.13. The third-order valence-electron chi connectivity index (χ3n) is 4.88. The highest BCUT2D eigenvalue weighted by atomic mass is 35.5. The van der Waals surface area contributed by atoms with E-state index in [0.717, 1.165) is 30.8 Å². The molecule has 0 saturated carbocycles. The lowest BCUT2D eigenvalue weighted by molar-refractivity contribution is 0.0170. The Balaban J connectivity index is 1.65. The highest BCUT2D eigenvalue weighted by Crippen LogP contribution is 2.23. The van der Waals surface area contributed by atoms with E-state index in [4.69, 9.17) is 16.3 Å². The summed E-state index contributed by atoms with van der Waals surface area (Å²) in [7, 11) is 1.64. The van der Waals surface area contributed by atoms with Crippen molar-refractivity contribution in [1.29, 1.82) is 0 Å². The SMILES string of the molecule is CN=C(NCc1cc(F)ccc1F)NCC(c1ccc(Cl)cc1)N1CCOCC1. The molecule has 29 heavy (non-hydrogen) atoms. The lowest BCUT2D eigenvalue weighted by Gasteiger charge is -2.35. The predicted octanol–water partition coefficient (Wildman–Crippen LogP) is 3.36. The Morgan fingerprint density at radius 3 is 2.55 bits per heavy atom. The van der Waals surface area contributed by atoms with E-state index in [9.17, 15) is 8.78 Å². The van der Waals surface area contributed by atoms with Gasteiger partial charge < -0.3 is 15.4 Å². The fourth-order valence-electron chi connectivity index (χ4n) is 3.30. The van der Waals surface area contributed by atoms with Crippen LogP contribution in [0.5, 0.6) is 0 Å². The first-order valence-corrected chi connectivity index (χ1v) is 9.90. The summed E-state index contributed by atoms with van der Waals surface area (Å²) in [6.07, 6.45) is 0. The molecule has 3 rings (SSSR count). The maximum Gasteiger partial charge on any atom is 0.191 e. The first-order valence-electron chi connectivity index (χ1n) is 9.52. The molecule has 1 heterocycles. The minimum atomic E-state index is -0.471. The summed E-state index contributed by atoms with van der Waals surface area (Å²) in [5.41, 5.74) is 1.38. The van der Waals surface area contributed by atoms with Crippen molar-refractivity contribution in [3.63, 3.8) is 0 Å². The molecule has 0 aromatic heterocycles. The molecule has 1 unspecified atom stereocenters. The molecule has 1 fully saturated rings. The van der Waals surface area contributed by atoms with Gasteiger partial charge >= 0.3 is 0 Å². The van der Waals surface area contributed by atoms with Crippen LogP contribution in [0.25, 0.3) is 0 Å². The van der Waals surface area contributed by atoms with Gasteiger partial charge in [-0.2, -0.15) is 0 Å². The predicted molar refractivity (Wildman–Crippen MR) is 111 cm³/mol. The zero-order valence-corrected chi connectivity index (χ0v) is 17.1. The highest BCUT2D eigenvalue weighted by molar-refractivity contribution is 6.30. The van der Waals surface area contributed by atoms with Crippen molar-refractivity contribution in [1.82, 2.24) is 15.5 Å². The minimum Gasteiger partial charge on any atom is -0.379 e. The number of guanidine groups is 1. The van der Waals surface area contributed by atoms with Gasteiger partial charge in [-0.25, -0.2) is 8.78 Å². The molecule has 0 bridgehead atoms. The summed E-state index contributed by atoms with van der Waals surface area (Å²) in [5.74, 6) is -0.413. The van der Waals surface area contributed by atoms with Crippen molar-refractivity contribution in [3.05, 3.63) is 70.2 Å².